The molecule has 1 aliphatic heterocycles. The molecule has 0 fully saturated rings. The largest absolute Gasteiger partial charge is 0.490 e. The van der Waals surface area contributed by atoms with Crippen molar-refractivity contribution in [2.24, 2.45) is 0 Å². The Morgan fingerprint density at radius 3 is 2.83 bits per heavy atom. The van der Waals surface area contributed by atoms with Gasteiger partial charge in [0.15, 0.2) is 0 Å². The molecule has 0 bridgehead atoms. The third-order valence-corrected chi connectivity index (χ3v) is 3.61. The molecule has 1 amide bonds. The lowest BCUT2D eigenvalue weighted by Crippen LogP contribution is -2.31. The maximum absolute atomic E-state index is 13.9. The number of nitrogens with one attached hydrogen (secondary N) is 1. The van der Waals surface area contributed by atoms with Gasteiger partial charge < -0.3 is 15.8 Å². The van der Waals surface area contributed by atoms with Crippen molar-refractivity contribution in [1.29, 1.82) is 0 Å². The smallest absolute Gasteiger partial charge is 0.284 e. The molecule has 0 aliphatic carbocycles. The van der Waals surface area contributed by atoms with Crippen LogP contribution in [0.4, 0.5) is 20.2 Å². The lowest BCUT2D eigenvalue weighted by atomic mass is 10.1. The Balaban J connectivity index is 1.93. The summed E-state index contributed by atoms with van der Waals surface area (Å²) in [6.45, 7) is -0.123. The van der Waals surface area contributed by atoms with Gasteiger partial charge in [0.05, 0.1) is 22.2 Å². The first-order valence-electron chi connectivity index (χ1n) is 6.84. The maximum atomic E-state index is 13.9. The summed E-state index contributed by atoms with van der Waals surface area (Å²) in [5.41, 5.74) is 4.78. The van der Waals surface area contributed by atoms with Crippen LogP contribution in [0.3, 0.4) is 0 Å². The van der Waals surface area contributed by atoms with Crippen molar-refractivity contribution in [1.82, 2.24) is 5.32 Å². The van der Waals surface area contributed by atoms with Crippen molar-refractivity contribution in [2.75, 3.05) is 12.3 Å². The van der Waals surface area contributed by atoms with Crippen molar-refractivity contribution in [3.8, 4) is 5.75 Å². The molecule has 1 heterocycles. The number of benzene rings is 2. The van der Waals surface area contributed by atoms with E-state index in [9.17, 15) is 23.7 Å². The van der Waals surface area contributed by atoms with Crippen LogP contribution < -0.4 is 15.8 Å². The fourth-order valence-electron chi connectivity index (χ4n) is 2.58. The predicted molar refractivity (Wildman–Crippen MR) is 79.6 cm³/mol. The first-order valence-corrected chi connectivity index (χ1v) is 6.84. The number of nitro benzene ring substituents is 1. The van der Waals surface area contributed by atoms with Crippen LogP contribution in [0.5, 0.6) is 5.75 Å². The minimum Gasteiger partial charge on any atom is -0.490 e. The van der Waals surface area contributed by atoms with Gasteiger partial charge in [0.25, 0.3) is 11.6 Å². The molecule has 124 valence electrons. The van der Waals surface area contributed by atoms with E-state index in [1.807, 2.05) is 0 Å². The van der Waals surface area contributed by atoms with E-state index in [1.165, 1.54) is 12.1 Å². The van der Waals surface area contributed by atoms with Gasteiger partial charge in [0.1, 0.15) is 29.6 Å². The zero-order chi connectivity index (χ0) is 17.4. The topological polar surface area (TPSA) is 107 Å². The van der Waals surface area contributed by atoms with Gasteiger partial charge in [-0.25, -0.2) is 8.78 Å². The molecule has 24 heavy (non-hydrogen) atoms. The van der Waals surface area contributed by atoms with Gasteiger partial charge >= 0.3 is 0 Å². The number of hydrogen-bond donors (Lipinski definition) is 2. The van der Waals surface area contributed by atoms with Crippen LogP contribution in [-0.2, 0) is 0 Å². The Morgan fingerprint density at radius 1 is 1.38 bits per heavy atom. The van der Waals surface area contributed by atoms with Gasteiger partial charge in [-0.1, -0.05) is 6.07 Å². The number of carbonyl (C=O) groups is 1. The summed E-state index contributed by atoms with van der Waals surface area (Å²) in [6, 6.07) is 4.60. The second-order valence-electron chi connectivity index (χ2n) is 5.13. The van der Waals surface area contributed by atoms with E-state index in [0.717, 1.165) is 12.1 Å². The number of nitro groups is 1. The van der Waals surface area contributed by atoms with Crippen molar-refractivity contribution < 1.29 is 23.2 Å². The first kappa shape index (κ1) is 15.7. The molecule has 0 spiro atoms. The Morgan fingerprint density at radius 2 is 2.12 bits per heavy atom. The minimum absolute atomic E-state index is 0.0121. The number of amides is 1. The van der Waals surface area contributed by atoms with Crippen LogP contribution >= 0.6 is 0 Å². The summed E-state index contributed by atoms with van der Waals surface area (Å²) in [4.78, 5) is 22.7. The summed E-state index contributed by atoms with van der Waals surface area (Å²) >= 11 is 0. The zero-order valence-corrected chi connectivity index (χ0v) is 12.1. The first-order chi connectivity index (χ1) is 11.4. The van der Waals surface area contributed by atoms with E-state index in [2.05, 4.69) is 5.32 Å². The molecule has 3 rings (SSSR count). The lowest BCUT2D eigenvalue weighted by Gasteiger charge is -2.13. The van der Waals surface area contributed by atoms with Gasteiger partial charge in [0.2, 0.25) is 0 Å². The van der Waals surface area contributed by atoms with Crippen molar-refractivity contribution in [2.45, 2.75) is 6.04 Å². The lowest BCUT2D eigenvalue weighted by molar-refractivity contribution is -0.385. The second kappa shape index (κ2) is 5.76. The second-order valence-corrected chi connectivity index (χ2v) is 5.13. The van der Waals surface area contributed by atoms with E-state index in [-0.39, 0.29) is 29.2 Å². The predicted octanol–water partition coefficient (Wildman–Crippen LogP) is 2.32. The van der Waals surface area contributed by atoms with Crippen molar-refractivity contribution >= 4 is 17.3 Å². The quantitative estimate of drug-likeness (QED) is 0.508. The van der Waals surface area contributed by atoms with E-state index < -0.39 is 34.2 Å². The number of rotatable bonds is 3. The third kappa shape index (κ3) is 2.60. The molecule has 1 aliphatic rings. The van der Waals surface area contributed by atoms with E-state index in [0.29, 0.717) is 6.07 Å². The summed E-state index contributed by atoms with van der Waals surface area (Å²) in [6.07, 6.45) is 0. The van der Waals surface area contributed by atoms with E-state index in [1.54, 1.807) is 0 Å². The van der Waals surface area contributed by atoms with Crippen LogP contribution in [-0.4, -0.2) is 17.4 Å². The molecule has 0 saturated heterocycles. The Hall–Kier alpha value is -3.23. The molecule has 2 aromatic rings. The van der Waals surface area contributed by atoms with Gasteiger partial charge in [-0.3, -0.25) is 14.9 Å². The molecular formula is C15H11F2N3O4. The van der Waals surface area contributed by atoms with Gasteiger partial charge in [0, 0.05) is 18.2 Å². The average Bonchev–Trinajstić information content (AvgIpc) is 2.89. The third-order valence-electron chi connectivity index (χ3n) is 3.61. The Labute approximate surface area is 134 Å². The molecule has 1 atom stereocenters. The summed E-state index contributed by atoms with van der Waals surface area (Å²) < 4.78 is 32.3. The highest BCUT2D eigenvalue weighted by Gasteiger charge is 2.32. The van der Waals surface area contributed by atoms with Crippen LogP contribution in [0.25, 0.3) is 0 Å². The molecule has 3 N–H and O–H groups in total. The molecule has 0 radical (unpaired) electrons. The van der Waals surface area contributed by atoms with Gasteiger partial charge in [-0.15, -0.1) is 0 Å². The maximum Gasteiger partial charge on any atom is 0.284 e. The highest BCUT2D eigenvalue weighted by atomic mass is 19.1. The number of fused-ring (bicyclic) bond motifs is 1. The molecule has 0 aromatic heterocycles. The molecule has 9 heteroatoms. The fourth-order valence-corrected chi connectivity index (χ4v) is 2.58. The number of nitrogens with zero attached hydrogens (tertiary/aromatic N) is 1. The summed E-state index contributed by atoms with van der Waals surface area (Å²) in [5, 5.41) is 13.5. The Kier molecular flexibility index (Phi) is 3.76. The normalized spacial score (nSPS) is 15.5. The number of nitrogen functional groups attached to an aromatic ring is 1. The van der Waals surface area contributed by atoms with Crippen LogP contribution in [0.2, 0.25) is 0 Å². The number of carbonyl (C=O) groups excluding carboxylic acids is 1. The highest BCUT2D eigenvalue weighted by molar-refractivity contribution is 6.03. The fraction of sp³-hybridized carbons (Fsp3) is 0.133. The summed E-state index contributed by atoms with van der Waals surface area (Å²) in [5.74, 6) is -2.54. The summed E-state index contributed by atoms with van der Waals surface area (Å²) in [7, 11) is 0. The number of halogens is 2. The molecule has 1 unspecified atom stereocenters. The van der Waals surface area contributed by atoms with Crippen LogP contribution in [0, 0.1) is 21.7 Å². The average molecular weight is 335 g/mol. The van der Waals surface area contributed by atoms with E-state index >= 15 is 0 Å². The van der Waals surface area contributed by atoms with Gasteiger partial charge in [-0.2, -0.15) is 0 Å². The Bertz CT molecular complexity index is 857. The molecule has 7 nitrogen and oxygen atoms in total. The molecular weight excluding hydrogens is 324 g/mol. The number of anilines is 1. The van der Waals surface area contributed by atoms with E-state index in [4.69, 9.17) is 10.5 Å². The van der Waals surface area contributed by atoms with Crippen LogP contribution in [0.15, 0.2) is 30.3 Å². The van der Waals surface area contributed by atoms with Crippen molar-refractivity contribution in [3.05, 3.63) is 63.2 Å². The molecule has 2 aromatic carbocycles. The van der Waals surface area contributed by atoms with Gasteiger partial charge in [-0.05, 0) is 6.07 Å². The number of nitrogens with two attached hydrogens (primary N) is 1. The number of ether oxygens (including phenoxy) is 1. The van der Waals surface area contributed by atoms with Crippen molar-refractivity contribution in [3.63, 3.8) is 0 Å². The zero-order valence-electron chi connectivity index (χ0n) is 12.1. The minimum atomic E-state index is -0.910. The highest BCUT2D eigenvalue weighted by Crippen LogP contribution is 2.36. The standard InChI is InChI=1S/C15H11F2N3O4/c16-7-4-8(17)13-10(6-24-12(13)5-7)19-15(21)14-9(18)2-1-3-11(14)20(22)23/h1-5,10H,6,18H2,(H,19,21). The number of hydrogen-bond acceptors (Lipinski definition) is 5. The molecule has 0 saturated carbocycles. The van der Waals surface area contributed by atoms with Crippen LogP contribution in [0.1, 0.15) is 22.0 Å². The SMILES string of the molecule is Nc1cccc([N+](=O)[O-])c1C(=O)NC1COc2cc(F)cc(F)c21. The monoisotopic (exact) mass is 335 g/mol.